The largest absolute Gasteiger partial charge is 0.462 e. The van der Waals surface area contributed by atoms with Gasteiger partial charge < -0.3 is 14.6 Å². The molecule has 1 aliphatic carbocycles. The molecule has 1 aliphatic rings. The number of hydrogen-bond donors (Lipinski definition) is 1. The summed E-state index contributed by atoms with van der Waals surface area (Å²) in [4.78, 5) is 43.2. The number of anilines is 1. The van der Waals surface area contributed by atoms with Crippen molar-refractivity contribution < 1.29 is 27.5 Å². The standard InChI is InChI=1S/C26H27N3O6S3/c1-4-12-29-18-8-6-7-9-19(18)37-26(29)28-22(31)15-38(33,34)14-21(30)27-24-23(25(32)35-5-2)17-11-10-16(3)13-20(17)36-24/h1,6-9,16H,5,10-15H2,2-3H3,(H,27,30). The zero-order valence-corrected chi connectivity index (χ0v) is 23.4. The molecular weight excluding hydrogens is 547 g/mol. The molecule has 200 valence electrons. The lowest BCUT2D eigenvalue weighted by atomic mass is 9.88. The minimum atomic E-state index is -4.14. The molecular formula is C26H27N3O6S3. The number of terminal acetylenes is 1. The summed E-state index contributed by atoms with van der Waals surface area (Å²) in [6, 6.07) is 7.35. The summed E-state index contributed by atoms with van der Waals surface area (Å²) in [5, 5.41) is 2.86. The third kappa shape index (κ3) is 6.23. The molecule has 0 aliphatic heterocycles. The van der Waals surface area contributed by atoms with Gasteiger partial charge in [0.2, 0.25) is 5.91 Å². The van der Waals surface area contributed by atoms with Crippen LogP contribution in [0.4, 0.5) is 5.00 Å². The Bertz CT molecular complexity index is 1620. The van der Waals surface area contributed by atoms with Crippen LogP contribution in [0.2, 0.25) is 0 Å². The molecule has 1 aromatic carbocycles. The highest BCUT2D eigenvalue weighted by Crippen LogP contribution is 2.40. The van der Waals surface area contributed by atoms with Crippen molar-refractivity contribution in [2.24, 2.45) is 10.9 Å². The van der Waals surface area contributed by atoms with Gasteiger partial charge in [0.05, 0.1) is 28.9 Å². The van der Waals surface area contributed by atoms with Gasteiger partial charge in [0.15, 0.2) is 14.6 Å². The van der Waals surface area contributed by atoms with E-state index in [2.05, 4.69) is 23.2 Å². The Labute approximate surface area is 228 Å². The minimum Gasteiger partial charge on any atom is -0.462 e. The van der Waals surface area contributed by atoms with Crippen molar-refractivity contribution in [1.29, 1.82) is 0 Å². The van der Waals surface area contributed by atoms with Gasteiger partial charge >= 0.3 is 5.97 Å². The Hall–Kier alpha value is -3.27. The number of carbonyl (C=O) groups excluding carboxylic acids is 3. The van der Waals surface area contributed by atoms with Gasteiger partial charge in [-0.25, -0.2) is 13.2 Å². The van der Waals surface area contributed by atoms with E-state index in [1.807, 2.05) is 24.3 Å². The van der Waals surface area contributed by atoms with Gasteiger partial charge in [-0.1, -0.05) is 36.3 Å². The summed E-state index contributed by atoms with van der Waals surface area (Å²) in [6.07, 6.45) is 7.82. The van der Waals surface area contributed by atoms with Gasteiger partial charge in [-0.3, -0.25) is 9.59 Å². The smallest absolute Gasteiger partial charge is 0.341 e. The lowest BCUT2D eigenvalue weighted by molar-refractivity contribution is -0.115. The van der Waals surface area contributed by atoms with E-state index in [4.69, 9.17) is 11.2 Å². The predicted molar refractivity (Wildman–Crippen MR) is 148 cm³/mol. The van der Waals surface area contributed by atoms with E-state index in [1.165, 1.54) is 22.7 Å². The molecule has 0 saturated heterocycles. The number of benzene rings is 1. The number of aromatic nitrogens is 1. The van der Waals surface area contributed by atoms with E-state index in [9.17, 15) is 22.8 Å². The van der Waals surface area contributed by atoms with Gasteiger partial charge in [-0.15, -0.1) is 17.8 Å². The molecule has 0 spiro atoms. The zero-order chi connectivity index (χ0) is 27.4. The first-order valence-corrected chi connectivity index (χ1v) is 15.5. The van der Waals surface area contributed by atoms with E-state index in [-0.39, 0.29) is 23.0 Å². The molecule has 0 radical (unpaired) electrons. The molecule has 1 N–H and O–H groups in total. The fourth-order valence-corrected chi connectivity index (χ4v) is 7.83. The number of amides is 2. The van der Waals surface area contributed by atoms with E-state index in [0.29, 0.717) is 17.9 Å². The second-order valence-corrected chi connectivity index (χ2v) is 13.2. The number of nitrogens with zero attached hydrogens (tertiary/aromatic N) is 2. The maximum Gasteiger partial charge on any atom is 0.341 e. The second-order valence-electron chi connectivity index (χ2n) is 9.00. The highest BCUT2D eigenvalue weighted by atomic mass is 32.2. The molecule has 3 aromatic rings. The molecule has 0 saturated carbocycles. The first kappa shape index (κ1) is 27.8. The summed E-state index contributed by atoms with van der Waals surface area (Å²) in [5.41, 5.74) is 1.93. The number of sulfone groups is 1. The normalized spacial score (nSPS) is 15.6. The number of carbonyl (C=O) groups is 3. The fraction of sp³-hybridized carbons (Fsp3) is 0.385. The van der Waals surface area contributed by atoms with Crippen LogP contribution in [0, 0.1) is 18.3 Å². The molecule has 1 atom stereocenters. The van der Waals surface area contributed by atoms with Crippen LogP contribution < -0.4 is 10.1 Å². The van der Waals surface area contributed by atoms with Crippen molar-refractivity contribution in [2.45, 2.75) is 39.7 Å². The van der Waals surface area contributed by atoms with Gasteiger partial charge in [0.1, 0.15) is 16.5 Å². The number of esters is 1. The summed E-state index contributed by atoms with van der Waals surface area (Å²) in [5.74, 6) is -1.19. The second kappa shape index (κ2) is 11.6. The molecule has 38 heavy (non-hydrogen) atoms. The van der Waals surface area contributed by atoms with Crippen molar-refractivity contribution >= 4 is 65.5 Å². The van der Waals surface area contributed by atoms with E-state index in [1.54, 1.807) is 11.5 Å². The molecule has 1 unspecified atom stereocenters. The number of ether oxygens (including phenoxy) is 1. The molecule has 9 nitrogen and oxygen atoms in total. The Morgan fingerprint density at radius 3 is 2.74 bits per heavy atom. The highest BCUT2D eigenvalue weighted by molar-refractivity contribution is 7.92. The summed E-state index contributed by atoms with van der Waals surface area (Å²) < 4.78 is 33.1. The number of thiophene rings is 1. The molecule has 2 aromatic heterocycles. The Morgan fingerprint density at radius 2 is 2.00 bits per heavy atom. The lowest BCUT2D eigenvalue weighted by Crippen LogP contribution is -2.28. The summed E-state index contributed by atoms with van der Waals surface area (Å²) in [6.45, 7) is 4.15. The van der Waals surface area contributed by atoms with Crippen LogP contribution in [-0.2, 0) is 43.5 Å². The van der Waals surface area contributed by atoms with Crippen molar-refractivity contribution in [3.8, 4) is 12.3 Å². The van der Waals surface area contributed by atoms with Crippen molar-refractivity contribution in [1.82, 2.24) is 4.57 Å². The third-order valence-electron chi connectivity index (χ3n) is 6.00. The topological polar surface area (TPSA) is 124 Å². The Kier molecular flexibility index (Phi) is 8.50. The van der Waals surface area contributed by atoms with Crippen LogP contribution in [0.3, 0.4) is 0 Å². The van der Waals surface area contributed by atoms with Crippen molar-refractivity contribution in [3.05, 3.63) is 45.1 Å². The number of fused-ring (bicyclic) bond motifs is 2. The molecule has 4 rings (SSSR count). The quantitative estimate of drug-likeness (QED) is 0.326. The van der Waals surface area contributed by atoms with Crippen LogP contribution in [0.1, 0.15) is 41.1 Å². The SMILES string of the molecule is C#CCn1c(=NC(=O)CS(=O)(=O)CC(=O)Nc2sc3c(c2C(=O)OCC)CCC(C)C3)sc2ccccc21. The van der Waals surface area contributed by atoms with E-state index >= 15 is 0 Å². The van der Waals surface area contributed by atoms with Gasteiger partial charge in [0.25, 0.3) is 5.91 Å². The molecule has 2 heterocycles. The van der Waals surface area contributed by atoms with Crippen molar-refractivity contribution in [2.75, 3.05) is 23.4 Å². The number of thiazole rings is 1. The maximum atomic E-state index is 12.7. The number of hydrogen-bond acceptors (Lipinski definition) is 8. The molecule has 2 amide bonds. The maximum absolute atomic E-state index is 12.7. The average Bonchev–Trinajstić information content (AvgIpc) is 3.35. The van der Waals surface area contributed by atoms with Gasteiger partial charge in [0, 0.05) is 4.88 Å². The molecule has 0 fully saturated rings. The highest BCUT2D eigenvalue weighted by Gasteiger charge is 2.30. The van der Waals surface area contributed by atoms with Crippen LogP contribution in [-0.4, -0.2) is 48.9 Å². The van der Waals surface area contributed by atoms with Crippen LogP contribution in [0.25, 0.3) is 10.2 Å². The first-order valence-electron chi connectivity index (χ1n) is 12.0. The lowest BCUT2D eigenvalue weighted by Gasteiger charge is -2.18. The number of para-hydroxylation sites is 1. The third-order valence-corrected chi connectivity index (χ3v) is 9.61. The van der Waals surface area contributed by atoms with E-state index < -0.39 is 39.1 Å². The van der Waals surface area contributed by atoms with E-state index in [0.717, 1.165) is 33.5 Å². The molecule has 0 bridgehead atoms. The average molecular weight is 574 g/mol. The number of nitrogens with one attached hydrogen (secondary N) is 1. The van der Waals surface area contributed by atoms with Gasteiger partial charge in [-0.05, 0) is 49.8 Å². The Balaban J connectivity index is 1.51. The summed E-state index contributed by atoms with van der Waals surface area (Å²) in [7, 11) is -4.14. The predicted octanol–water partition coefficient (Wildman–Crippen LogP) is 3.18. The monoisotopic (exact) mass is 573 g/mol. The van der Waals surface area contributed by atoms with Crippen LogP contribution in [0.15, 0.2) is 29.3 Å². The Morgan fingerprint density at radius 1 is 1.24 bits per heavy atom. The molecule has 12 heteroatoms. The minimum absolute atomic E-state index is 0.164. The van der Waals surface area contributed by atoms with Gasteiger partial charge in [-0.2, -0.15) is 4.99 Å². The first-order chi connectivity index (χ1) is 18.1. The summed E-state index contributed by atoms with van der Waals surface area (Å²) >= 11 is 2.49. The van der Waals surface area contributed by atoms with Crippen LogP contribution >= 0.6 is 22.7 Å². The fourth-order valence-electron chi connectivity index (χ4n) is 4.35. The number of rotatable bonds is 8. The van der Waals surface area contributed by atoms with Crippen LogP contribution in [0.5, 0.6) is 0 Å². The zero-order valence-electron chi connectivity index (χ0n) is 21.0. The van der Waals surface area contributed by atoms with Crippen molar-refractivity contribution in [3.63, 3.8) is 0 Å².